The molecule has 0 aliphatic carbocycles. The number of hydrogen-bond acceptors (Lipinski definition) is 2. The van der Waals surface area contributed by atoms with Gasteiger partial charge in [0.2, 0.25) is 0 Å². The normalized spacial score (nSPS) is 10.3. The van der Waals surface area contributed by atoms with Gasteiger partial charge in [0.15, 0.2) is 0 Å². The lowest BCUT2D eigenvalue weighted by atomic mass is 10.3. The highest BCUT2D eigenvalue weighted by Crippen LogP contribution is 1.88. The van der Waals surface area contributed by atoms with Gasteiger partial charge in [-0.3, -0.25) is 5.41 Å². The van der Waals surface area contributed by atoms with Crippen molar-refractivity contribution in [3.8, 4) is 0 Å². The second-order valence-electron chi connectivity index (χ2n) is 1.62. The van der Waals surface area contributed by atoms with E-state index in [1.807, 2.05) is 0 Å². The van der Waals surface area contributed by atoms with Crippen LogP contribution in [0, 0.1) is 5.41 Å². The Balaban J connectivity index is 3.27. The minimum absolute atomic E-state index is 0.294. The maximum absolute atomic E-state index is 7.06. The van der Waals surface area contributed by atoms with Crippen molar-refractivity contribution in [2.24, 2.45) is 16.5 Å². The zero-order chi connectivity index (χ0) is 7.11. The molecule has 0 rings (SSSR count). The summed E-state index contributed by atoms with van der Waals surface area (Å²) in [5, 5.41) is 7.06. The van der Waals surface area contributed by atoms with E-state index in [9.17, 15) is 0 Å². The summed E-state index contributed by atoms with van der Waals surface area (Å²) in [6.45, 7) is 0.600. The molecular formula is C5H12N4. The van der Waals surface area contributed by atoms with Gasteiger partial charge in [0.1, 0.15) is 5.84 Å². The molecular weight excluding hydrogens is 116 g/mol. The Hall–Kier alpha value is -0.900. The minimum atomic E-state index is 0.294. The van der Waals surface area contributed by atoms with Crippen LogP contribution in [0.2, 0.25) is 0 Å². The Morgan fingerprint density at radius 3 is 2.78 bits per heavy atom. The number of rotatable bonds is 3. The Morgan fingerprint density at radius 1 is 1.67 bits per heavy atom. The molecule has 0 saturated carbocycles. The molecule has 5 N–H and O–H groups in total. The van der Waals surface area contributed by atoms with Gasteiger partial charge in [-0.15, -0.1) is 0 Å². The highest BCUT2D eigenvalue weighted by Gasteiger charge is 1.88. The maximum atomic E-state index is 7.06. The number of amidine groups is 1. The van der Waals surface area contributed by atoms with Crippen molar-refractivity contribution in [2.45, 2.75) is 12.8 Å². The number of aliphatic imine (C=N–C) groups is 1. The van der Waals surface area contributed by atoms with Crippen LogP contribution in [0.25, 0.3) is 0 Å². The van der Waals surface area contributed by atoms with Crippen LogP contribution in [0.15, 0.2) is 4.99 Å². The van der Waals surface area contributed by atoms with Gasteiger partial charge in [-0.25, -0.2) is 4.99 Å². The van der Waals surface area contributed by atoms with E-state index in [0.717, 1.165) is 12.8 Å². The molecule has 0 amide bonds. The van der Waals surface area contributed by atoms with Gasteiger partial charge < -0.3 is 11.5 Å². The van der Waals surface area contributed by atoms with E-state index in [1.54, 1.807) is 0 Å². The zero-order valence-corrected chi connectivity index (χ0v) is 5.30. The highest BCUT2D eigenvalue weighted by atomic mass is 14.9. The third-order valence-electron chi connectivity index (χ3n) is 0.848. The predicted molar refractivity (Wildman–Crippen MR) is 38.7 cm³/mol. The molecule has 52 valence electrons. The summed E-state index contributed by atoms with van der Waals surface area (Å²) in [7, 11) is 0. The largest absolute Gasteiger partial charge is 0.390 e. The van der Waals surface area contributed by atoms with E-state index >= 15 is 0 Å². The Kier molecular flexibility index (Phi) is 4.72. The first-order valence-corrected chi connectivity index (χ1v) is 2.83. The number of nitrogens with two attached hydrogens (primary N) is 2. The average molecular weight is 128 g/mol. The summed E-state index contributed by atoms with van der Waals surface area (Å²) < 4.78 is 0. The summed E-state index contributed by atoms with van der Waals surface area (Å²) >= 11 is 0. The predicted octanol–water partition coefficient (Wildman–Crippen LogP) is -0.310. The van der Waals surface area contributed by atoms with E-state index in [-0.39, 0.29) is 0 Å². The summed E-state index contributed by atoms with van der Waals surface area (Å²) in [5.74, 6) is 0.294. The van der Waals surface area contributed by atoms with E-state index < -0.39 is 0 Å². The molecule has 0 heterocycles. The molecule has 0 aromatic heterocycles. The van der Waals surface area contributed by atoms with Crippen LogP contribution in [0.5, 0.6) is 0 Å². The summed E-state index contributed by atoms with van der Waals surface area (Å²) in [4.78, 5) is 3.54. The molecule has 0 fully saturated rings. The lowest BCUT2D eigenvalue weighted by molar-refractivity contribution is 0.869. The quantitative estimate of drug-likeness (QED) is 0.359. The Labute approximate surface area is 54.5 Å². The van der Waals surface area contributed by atoms with Crippen LogP contribution < -0.4 is 11.5 Å². The minimum Gasteiger partial charge on any atom is -0.390 e. The van der Waals surface area contributed by atoms with Crippen LogP contribution in [0.1, 0.15) is 12.8 Å². The second-order valence-corrected chi connectivity index (χ2v) is 1.62. The molecule has 4 heteroatoms. The van der Waals surface area contributed by atoms with Crippen LogP contribution in [0.3, 0.4) is 0 Å². The van der Waals surface area contributed by atoms with Gasteiger partial charge in [-0.05, 0) is 13.0 Å². The van der Waals surface area contributed by atoms with Crippen molar-refractivity contribution in [3.05, 3.63) is 0 Å². The molecule has 0 atom stereocenters. The number of hydrogen-bond donors (Lipinski definition) is 3. The molecule has 0 aromatic rings. The molecule has 0 spiro atoms. The topological polar surface area (TPSA) is 88.2 Å². The van der Waals surface area contributed by atoms with Crippen LogP contribution in [-0.4, -0.2) is 18.7 Å². The molecule has 9 heavy (non-hydrogen) atoms. The van der Waals surface area contributed by atoms with Gasteiger partial charge in [0, 0.05) is 6.42 Å². The van der Waals surface area contributed by atoms with E-state index in [0.29, 0.717) is 18.8 Å². The zero-order valence-electron chi connectivity index (χ0n) is 5.30. The Bertz CT molecular complexity index is 108. The van der Waals surface area contributed by atoms with Crippen molar-refractivity contribution in [1.29, 1.82) is 5.41 Å². The van der Waals surface area contributed by atoms with Gasteiger partial charge in [0.05, 0.1) is 6.34 Å². The Morgan fingerprint density at radius 2 is 2.33 bits per heavy atom. The van der Waals surface area contributed by atoms with Crippen LogP contribution in [0.4, 0.5) is 0 Å². The third kappa shape index (κ3) is 4.96. The summed E-state index contributed by atoms with van der Waals surface area (Å²) in [6, 6.07) is 0. The molecule has 0 aliphatic rings. The smallest absolute Gasteiger partial charge is 0.122 e. The van der Waals surface area contributed by atoms with Crippen LogP contribution >= 0.6 is 0 Å². The fourth-order valence-corrected chi connectivity index (χ4v) is 0.424. The first-order chi connectivity index (χ1) is 4.31. The van der Waals surface area contributed by atoms with Crippen molar-refractivity contribution in [1.82, 2.24) is 0 Å². The van der Waals surface area contributed by atoms with Crippen molar-refractivity contribution in [3.63, 3.8) is 0 Å². The molecule has 0 saturated heterocycles. The summed E-state index contributed by atoms with van der Waals surface area (Å²) in [5.41, 5.74) is 10.1. The standard InChI is InChI=1S/C5H12N4/c6-3-1-2-5(8)9-4-7/h4H,1-3,6H2,(H3,7,8,9). The molecule has 0 unspecified atom stereocenters. The van der Waals surface area contributed by atoms with Gasteiger partial charge in [0.25, 0.3) is 0 Å². The molecule has 0 radical (unpaired) electrons. The van der Waals surface area contributed by atoms with E-state index in [1.165, 1.54) is 0 Å². The average Bonchev–Trinajstić information content (AvgIpc) is 1.85. The maximum Gasteiger partial charge on any atom is 0.122 e. The third-order valence-corrected chi connectivity index (χ3v) is 0.848. The number of nitrogens with zero attached hydrogens (tertiary/aromatic N) is 1. The first kappa shape index (κ1) is 8.10. The van der Waals surface area contributed by atoms with Crippen molar-refractivity contribution in [2.75, 3.05) is 6.54 Å². The SMILES string of the molecule is N=C(CCCN)N=CN. The second kappa shape index (κ2) is 5.24. The van der Waals surface area contributed by atoms with Gasteiger partial charge in [-0.2, -0.15) is 0 Å². The lowest BCUT2D eigenvalue weighted by Gasteiger charge is -1.92. The molecule has 0 aliphatic heterocycles. The van der Waals surface area contributed by atoms with Gasteiger partial charge in [-0.1, -0.05) is 0 Å². The monoisotopic (exact) mass is 128 g/mol. The van der Waals surface area contributed by atoms with Gasteiger partial charge >= 0.3 is 0 Å². The molecule has 0 aromatic carbocycles. The molecule has 0 bridgehead atoms. The lowest BCUT2D eigenvalue weighted by Crippen LogP contribution is -2.03. The van der Waals surface area contributed by atoms with E-state index in [2.05, 4.69) is 4.99 Å². The van der Waals surface area contributed by atoms with Crippen LogP contribution in [-0.2, 0) is 0 Å². The highest BCUT2D eigenvalue weighted by molar-refractivity contribution is 5.86. The van der Waals surface area contributed by atoms with Crippen molar-refractivity contribution >= 4 is 12.2 Å². The van der Waals surface area contributed by atoms with Crippen molar-refractivity contribution < 1.29 is 0 Å². The van der Waals surface area contributed by atoms with E-state index in [4.69, 9.17) is 16.9 Å². The first-order valence-electron chi connectivity index (χ1n) is 2.83. The molecule has 4 nitrogen and oxygen atoms in total. The fourth-order valence-electron chi connectivity index (χ4n) is 0.424. The summed E-state index contributed by atoms with van der Waals surface area (Å²) in [6.07, 6.45) is 2.54. The number of nitrogens with one attached hydrogen (secondary N) is 1. The fraction of sp³-hybridized carbons (Fsp3) is 0.600.